The second-order valence-corrected chi connectivity index (χ2v) is 2.88. The third kappa shape index (κ3) is 2.08. The van der Waals surface area contributed by atoms with E-state index < -0.39 is 0 Å². The SMILES string of the molecule is N#COCC1CCCC1N=C=O. The standard InChI is InChI=1S/C8H10N2O2/c9-5-12-4-7-2-1-3-8(7)10-6-11/h7-8H,1-4H2. The molecule has 12 heavy (non-hydrogen) atoms. The van der Waals surface area contributed by atoms with E-state index in [-0.39, 0.29) is 12.0 Å². The molecule has 64 valence electrons. The molecule has 0 N–H and O–H groups in total. The Hall–Kier alpha value is -1.33. The number of nitriles is 1. The number of aliphatic imine (C=N–C) groups is 1. The van der Waals surface area contributed by atoms with Crippen molar-refractivity contribution in [1.82, 2.24) is 0 Å². The molecule has 0 bridgehead atoms. The van der Waals surface area contributed by atoms with Crippen molar-refractivity contribution in [3.8, 4) is 6.26 Å². The van der Waals surface area contributed by atoms with Gasteiger partial charge in [0.15, 0.2) is 0 Å². The minimum atomic E-state index is 0.0239. The van der Waals surface area contributed by atoms with E-state index >= 15 is 0 Å². The van der Waals surface area contributed by atoms with E-state index in [1.54, 1.807) is 12.3 Å². The molecule has 1 rings (SSSR count). The highest BCUT2D eigenvalue weighted by molar-refractivity contribution is 5.33. The average molecular weight is 166 g/mol. The highest BCUT2D eigenvalue weighted by Gasteiger charge is 2.27. The molecule has 0 heterocycles. The lowest BCUT2D eigenvalue weighted by molar-refractivity contribution is 0.204. The Morgan fingerprint density at radius 1 is 1.58 bits per heavy atom. The van der Waals surface area contributed by atoms with Gasteiger partial charge >= 0.3 is 0 Å². The summed E-state index contributed by atoms with van der Waals surface area (Å²) in [5.74, 6) is 0.228. The lowest BCUT2D eigenvalue weighted by atomic mass is 10.1. The van der Waals surface area contributed by atoms with Crippen molar-refractivity contribution in [3.05, 3.63) is 0 Å². The maximum atomic E-state index is 9.98. The molecule has 1 aliphatic rings. The molecule has 4 heteroatoms. The first-order valence-electron chi connectivity index (χ1n) is 3.96. The van der Waals surface area contributed by atoms with Crippen LogP contribution in [0, 0.1) is 17.4 Å². The van der Waals surface area contributed by atoms with Gasteiger partial charge in [0.25, 0.3) is 6.26 Å². The Morgan fingerprint density at radius 3 is 3.08 bits per heavy atom. The first-order chi connectivity index (χ1) is 5.88. The summed E-state index contributed by atoms with van der Waals surface area (Å²) in [5.41, 5.74) is 0. The van der Waals surface area contributed by atoms with Crippen LogP contribution >= 0.6 is 0 Å². The van der Waals surface area contributed by atoms with E-state index in [1.807, 2.05) is 0 Å². The molecule has 0 spiro atoms. The van der Waals surface area contributed by atoms with Crippen LogP contribution in [0.2, 0.25) is 0 Å². The number of ether oxygens (including phenoxy) is 1. The Bertz CT molecular complexity index is 228. The van der Waals surface area contributed by atoms with Gasteiger partial charge < -0.3 is 4.74 Å². The van der Waals surface area contributed by atoms with E-state index in [2.05, 4.69) is 9.73 Å². The third-order valence-electron chi connectivity index (χ3n) is 2.20. The zero-order valence-corrected chi connectivity index (χ0v) is 6.69. The van der Waals surface area contributed by atoms with E-state index in [4.69, 9.17) is 5.26 Å². The van der Waals surface area contributed by atoms with Crippen molar-refractivity contribution >= 4 is 6.08 Å². The molecule has 2 unspecified atom stereocenters. The number of isocyanates is 1. The minimum Gasteiger partial charge on any atom is -0.427 e. The van der Waals surface area contributed by atoms with Crippen LogP contribution in [0.5, 0.6) is 0 Å². The zero-order valence-electron chi connectivity index (χ0n) is 6.69. The van der Waals surface area contributed by atoms with E-state index in [9.17, 15) is 4.79 Å². The summed E-state index contributed by atoms with van der Waals surface area (Å²) < 4.78 is 4.61. The Morgan fingerprint density at radius 2 is 2.42 bits per heavy atom. The van der Waals surface area contributed by atoms with Gasteiger partial charge in [-0.15, -0.1) is 0 Å². The van der Waals surface area contributed by atoms with E-state index in [0.717, 1.165) is 19.3 Å². The third-order valence-corrected chi connectivity index (χ3v) is 2.20. The highest BCUT2D eigenvalue weighted by Crippen LogP contribution is 2.27. The predicted molar refractivity (Wildman–Crippen MR) is 40.8 cm³/mol. The van der Waals surface area contributed by atoms with Gasteiger partial charge in [0.2, 0.25) is 6.08 Å². The van der Waals surface area contributed by atoms with Gasteiger partial charge in [0.1, 0.15) is 6.61 Å². The number of rotatable bonds is 3. The van der Waals surface area contributed by atoms with Gasteiger partial charge in [-0.05, 0) is 12.8 Å². The molecule has 4 nitrogen and oxygen atoms in total. The van der Waals surface area contributed by atoms with Crippen LogP contribution in [0.15, 0.2) is 4.99 Å². The van der Waals surface area contributed by atoms with Crippen LogP contribution in [0.4, 0.5) is 0 Å². The van der Waals surface area contributed by atoms with Crippen molar-refractivity contribution in [2.24, 2.45) is 10.9 Å². The van der Waals surface area contributed by atoms with Gasteiger partial charge in [0, 0.05) is 5.92 Å². The van der Waals surface area contributed by atoms with Crippen molar-refractivity contribution in [2.75, 3.05) is 6.61 Å². The second kappa shape index (κ2) is 4.53. The Labute approximate surface area is 70.9 Å². The monoisotopic (exact) mass is 166 g/mol. The Balaban J connectivity index is 2.41. The first-order valence-corrected chi connectivity index (χ1v) is 3.96. The fraction of sp³-hybridized carbons (Fsp3) is 0.750. The lowest BCUT2D eigenvalue weighted by Gasteiger charge is -2.10. The zero-order chi connectivity index (χ0) is 8.81. The molecule has 1 fully saturated rings. The van der Waals surface area contributed by atoms with Crippen molar-refractivity contribution in [1.29, 1.82) is 5.26 Å². The molecular weight excluding hydrogens is 156 g/mol. The first kappa shape index (κ1) is 8.76. The maximum absolute atomic E-state index is 9.98. The normalized spacial score (nSPS) is 27.2. The quantitative estimate of drug-likeness (QED) is 0.357. The molecule has 0 aromatic rings. The van der Waals surface area contributed by atoms with Gasteiger partial charge in [-0.2, -0.15) is 5.26 Å². The van der Waals surface area contributed by atoms with Crippen LogP contribution in [0.1, 0.15) is 19.3 Å². The fourth-order valence-electron chi connectivity index (χ4n) is 1.59. The summed E-state index contributed by atoms with van der Waals surface area (Å²) in [5, 5.41) is 8.16. The molecular formula is C8H10N2O2. The summed E-state index contributed by atoms with van der Waals surface area (Å²) in [6.45, 7) is 0.381. The molecule has 0 saturated heterocycles. The molecule has 0 aromatic carbocycles. The summed E-state index contributed by atoms with van der Waals surface area (Å²) >= 11 is 0. The van der Waals surface area contributed by atoms with Gasteiger partial charge in [-0.25, -0.2) is 9.79 Å². The summed E-state index contributed by atoms with van der Waals surface area (Å²) in [6.07, 6.45) is 6.12. The van der Waals surface area contributed by atoms with Crippen LogP contribution in [0.25, 0.3) is 0 Å². The number of hydrogen-bond acceptors (Lipinski definition) is 4. The number of hydrogen-bond donors (Lipinski definition) is 0. The van der Waals surface area contributed by atoms with Crippen LogP contribution in [-0.4, -0.2) is 18.7 Å². The van der Waals surface area contributed by atoms with E-state index in [1.165, 1.54) is 0 Å². The topological polar surface area (TPSA) is 62.4 Å². The van der Waals surface area contributed by atoms with Gasteiger partial charge in [0.05, 0.1) is 6.04 Å². The highest BCUT2D eigenvalue weighted by atomic mass is 16.5. The average Bonchev–Trinajstić information content (AvgIpc) is 2.50. The van der Waals surface area contributed by atoms with Crippen molar-refractivity contribution in [3.63, 3.8) is 0 Å². The molecule has 0 aliphatic heterocycles. The molecule has 1 aliphatic carbocycles. The summed E-state index contributed by atoms with van der Waals surface area (Å²) in [4.78, 5) is 13.6. The van der Waals surface area contributed by atoms with Crippen LogP contribution in [-0.2, 0) is 9.53 Å². The van der Waals surface area contributed by atoms with Crippen molar-refractivity contribution < 1.29 is 9.53 Å². The maximum Gasteiger partial charge on any atom is 0.286 e. The molecule has 1 saturated carbocycles. The lowest BCUT2D eigenvalue weighted by Crippen LogP contribution is -2.16. The molecule has 2 atom stereocenters. The second-order valence-electron chi connectivity index (χ2n) is 2.88. The molecule has 0 amide bonds. The Kier molecular flexibility index (Phi) is 3.31. The van der Waals surface area contributed by atoms with Gasteiger partial charge in [-0.1, -0.05) is 6.42 Å². The largest absolute Gasteiger partial charge is 0.427 e. The predicted octanol–water partition coefficient (Wildman–Crippen LogP) is 0.989. The van der Waals surface area contributed by atoms with Crippen molar-refractivity contribution in [2.45, 2.75) is 25.3 Å². The summed E-state index contributed by atoms with van der Waals surface area (Å²) in [6, 6.07) is 0.0239. The molecule has 0 radical (unpaired) electrons. The molecule has 0 aromatic heterocycles. The number of nitrogens with zero attached hydrogens (tertiary/aromatic N) is 2. The number of carbonyl (C=O) groups excluding carboxylic acids is 1. The van der Waals surface area contributed by atoms with E-state index in [0.29, 0.717) is 6.61 Å². The minimum absolute atomic E-state index is 0.0239. The van der Waals surface area contributed by atoms with Crippen LogP contribution < -0.4 is 0 Å². The fourth-order valence-corrected chi connectivity index (χ4v) is 1.59. The van der Waals surface area contributed by atoms with Gasteiger partial charge in [-0.3, -0.25) is 0 Å². The van der Waals surface area contributed by atoms with Crippen LogP contribution in [0.3, 0.4) is 0 Å². The summed E-state index contributed by atoms with van der Waals surface area (Å²) in [7, 11) is 0. The smallest absolute Gasteiger partial charge is 0.286 e.